The maximum absolute atomic E-state index is 10.2. The van der Waals surface area contributed by atoms with Crippen LogP contribution in [0.15, 0.2) is 36.4 Å². The van der Waals surface area contributed by atoms with Gasteiger partial charge in [0.05, 0.1) is 0 Å². The molecule has 0 radical (unpaired) electrons. The summed E-state index contributed by atoms with van der Waals surface area (Å²) in [5.41, 5.74) is 4.87. The fraction of sp³-hybridized carbons (Fsp3) is 0. The summed E-state index contributed by atoms with van der Waals surface area (Å²) in [6.45, 7) is 0. The highest BCUT2D eigenvalue weighted by Crippen LogP contribution is 2.00. The second-order valence-corrected chi connectivity index (χ2v) is 3.00. The monoisotopic (exact) mass is 208 g/mol. The standard InChI is InChI=1S/C4H4N2OS.C4H4N2/c5-3(7)4-6-1-2-8-4;1-2-5-4-6-3-1/h1-2H,(H2,5,7);1-4H. The Hall–Kier alpha value is -1.82. The molecule has 0 aliphatic rings. The Kier molecular flexibility index (Phi) is 4.22. The van der Waals surface area contributed by atoms with Gasteiger partial charge in [0.25, 0.3) is 5.91 Å². The Morgan fingerprint density at radius 2 is 2.00 bits per heavy atom. The van der Waals surface area contributed by atoms with Crippen molar-refractivity contribution in [2.45, 2.75) is 0 Å². The highest BCUT2D eigenvalue weighted by molar-refractivity contribution is 7.11. The third-order valence-electron chi connectivity index (χ3n) is 1.12. The van der Waals surface area contributed by atoms with E-state index in [-0.39, 0.29) is 0 Å². The highest BCUT2D eigenvalue weighted by Gasteiger charge is 1.98. The van der Waals surface area contributed by atoms with Crippen molar-refractivity contribution >= 4 is 17.2 Å². The smallest absolute Gasteiger partial charge is 0.277 e. The molecule has 1 amide bonds. The average molecular weight is 208 g/mol. The number of carbonyl (C=O) groups is 1. The third kappa shape index (κ3) is 3.72. The predicted molar refractivity (Wildman–Crippen MR) is 52.7 cm³/mol. The van der Waals surface area contributed by atoms with Crippen LogP contribution < -0.4 is 5.73 Å². The zero-order valence-corrected chi connectivity index (χ0v) is 8.02. The highest BCUT2D eigenvalue weighted by atomic mass is 32.1. The Morgan fingerprint density at radius 3 is 2.21 bits per heavy atom. The van der Waals surface area contributed by atoms with Crippen molar-refractivity contribution in [2.24, 2.45) is 5.73 Å². The number of primary amides is 1. The van der Waals surface area contributed by atoms with Crippen molar-refractivity contribution < 1.29 is 4.79 Å². The van der Waals surface area contributed by atoms with Crippen molar-refractivity contribution in [3.8, 4) is 0 Å². The fourth-order valence-corrected chi connectivity index (χ4v) is 1.09. The maximum atomic E-state index is 10.2. The number of hydrogen-bond acceptors (Lipinski definition) is 5. The normalized spacial score (nSPS) is 8.57. The van der Waals surface area contributed by atoms with Gasteiger partial charge in [0.1, 0.15) is 6.33 Å². The number of nitrogens with zero attached hydrogens (tertiary/aromatic N) is 3. The average Bonchev–Trinajstić information content (AvgIpc) is 2.74. The Labute approximate surface area is 84.7 Å². The van der Waals surface area contributed by atoms with E-state index in [0.29, 0.717) is 5.01 Å². The van der Waals surface area contributed by atoms with Crippen LogP contribution in [-0.4, -0.2) is 20.9 Å². The summed E-state index contributed by atoms with van der Waals surface area (Å²) in [7, 11) is 0. The molecule has 6 heteroatoms. The number of rotatable bonds is 1. The zero-order chi connectivity index (χ0) is 10.2. The van der Waals surface area contributed by atoms with Crippen LogP contribution >= 0.6 is 11.3 Å². The van der Waals surface area contributed by atoms with Gasteiger partial charge in [-0.15, -0.1) is 11.3 Å². The summed E-state index contributed by atoms with van der Waals surface area (Å²) in [5, 5.41) is 2.07. The summed E-state index contributed by atoms with van der Waals surface area (Å²) in [6, 6.07) is 1.78. The second-order valence-electron chi connectivity index (χ2n) is 2.11. The molecule has 0 spiro atoms. The second kappa shape index (κ2) is 5.76. The molecule has 0 aromatic carbocycles. The van der Waals surface area contributed by atoms with Gasteiger partial charge in [-0.05, 0) is 6.07 Å². The van der Waals surface area contributed by atoms with Crippen molar-refractivity contribution in [2.75, 3.05) is 0 Å². The first-order valence-electron chi connectivity index (χ1n) is 3.70. The van der Waals surface area contributed by atoms with Crippen LogP contribution in [-0.2, 0) is 0 Å². The van der Waals surface area contributed by atoms with E-state index in [1.54, 1.807) is 30.0 Å². The van der Waals surface area contributed by atoms with Crippen LogP contribution in [0.2, 0.25) is 0 Å². The molecular weight excluding hydrogens is 200 g/mol. The summed E-state index contributed by atoms with van der Waals surface area (Å²) >= 11 is 1.25. The molecule has 0 aliphatic carbocycles. The number of carbonyl (C=O) groups excluding carboxylic acids is 1. The van der Waals surface area contributed by atoms with E-state index in [1.807, 2.05) is 0 Å². The number of amides is 1. The number of nitrogens with two attached hydrogens (primary N) is 1. The van der Waals surface area contributed by atoms with Gasteiger partial charge >= 0.3 is 0 Å². The lowest BCUT2D eigenvalue weighted by Crippen LogP contribution is -2.09. The van der Waals surface area contributed by atoms with E-state index in [9.17, 15) is 4.79 Å². The van der Waals surface area contributed by atoms with Crippen LogP contribution in [0.1, 0.15) is 9.80 Å². The molecule has 0 saturated heterocycles. The molecule has 0 unspecified atom stereocenters. The predicted octanol–water partition coefficient (Wildman–Crippen LogP) is 0.719. The minimum absolute atomic E-state index is 0.366. The minimum Gasteiger partial charge on any atom is -0.364 e. The van der Waals surface area contributed by atoms with Crippen molar-refractivity contribution in [3.63, 3.8) is 0 Å². The molecule has 72 valence electrons. The molecule has 14 heavy (non-hydrogen) atoms. The molecule has 0 bridgehead atoms. The Morgan fingerprint density at radius 1 is 1.29 bits per heavy atom. The summed E-state index contributed by atoms with van der Waals surface area (Å²) in [6.07, 6.45) is 6.42. The van der Waals surface area contributed by atoms with E-state index in [1.165, 1.54) is 17.7 Å². The van der Waals surface area contributed by atoms with Gasteiger partial charge in [0.2, 0.25) is 0 Å². The lowest BCUT2D eigenvalue weighted by atomic mass is 10.7. The molecule has 5 nitrogen and oxygen atoms in total. The Balaban J connectivity index is 0.000000146. The van der Waals surface area contributed by atoms with Crippen molar-refractivity contribution in [3.05, 3.63) is 41.4 Å². The third-order valence-corrected chi connectivity index (χ3v) is 1.91. The van der Waals surface area contributed by atoms with Crippen molar-refractivity contribution in [1.82, 2.24) is 15.0 Å². The van der Waals surface area contributed by atoms with Crippen LogP contribution in [0.5, 0.6) is 0 Å². The SMILES string of the molecule is NC(=O)c1nccs1.c1cncnc1. The quantitative estimate of drug-likeness (QED) is 0.748. The van der Waals surface area contributed by atoms with Gasteiger partial charge in [-0.1, -0.05) is 0 Å². The zero-order valence-electron chi connectivity index (χ0n) is 7.20. The molecule has 2 heterocycles. The topological polar surface area (TPSA) is 81.8 Å². The molecule has 2 rings (SSSR count). The molecule has 0 atom stereocenters. The number of thiazole rings is 1. The van der Waals surface area contributed by atoms with Gasteiger partial charge in [0.15, 0.2) is 5.01 Å². The van der Waals surface area contributed by atoms with Crippen LogP contribution in [0.4, 0.5) is 0 Å². The number of hydrogen-bond donors (Lipinski definition) is 1. The first-order valence-corrected chi connectivity index (χ1v) is 4.58. The van der Waals surface area contributed by atoms with E-state index >= 15 is 0 Å². The van der Waals surface area contributed by atoms with Crippen molar-refractivity contribution in [1.29, 1.82) is 0 Å². The number of aromatic nitrogens is 3. The van der Waals surface area contributed by atoms with Crippen LogP contribution in [0.25, 0.3) is 0 Å². The molecule has 0 saturated carbocycles. The van der Waals surface area contributed by atoms with E-state index < -0.39 is 5.91 Å². The fourth-order valence-electron chi connectivity index (χ4n) is 0.598. The lowest BCUT2D eigenvalue weighted by molar-refractivity contribution is 0.1000. The Bertz CT molecular complexity index is 335. The molecule has 2 aromatic heterocycles. The van der Waals surface area contributed by atoms with Crippen LogP contribution in [0.3, 0.4) is 0 Å². The van der Waals surface area contributed by atoms with Crippen LogP contribution in [0, 0.1) is 0 Å². The van der Waals surface area contributed by atoms with E-state index in [4.69, 9.17) is 5.73 Å². The molecule has 0 aliphatic heterocycles. The summed E-state index contributed by atoms with van der Waals surface area (Å²) in [5.74, 6) is -0.458. The minimum atomic E-state index is -0.458. The van der Waals surface area contributed by atoms with E-state index in [2.05, 4.69) is 15.0 Å². The van der Waals surface area contributed by atoms with Gasteiger partial charge < -0.3 is 5.73 Å². The molecule has 2 N–H and O–H groups in total. The molecular formula is C8H8N4OS. The van der Waals surface area contributed by atoms with Gasteiger partial charge in [0, 0.05) is 24.0 Å². The molecule has 2 aromatic rings. The first-order chi connectivity index (χ1) is 6.80. The maximum Gasteiger partial charge on any atom is 0.277 e. The van der Waals surface area contributed by atoms with E-state index in [0.717, 1.165) is 0 Å². The summed E-state index contributed by atoms with van der Waals surface area (Å²) < 4.78 is 0. The summed E-state index contributed by atoms with van der Waals surface area (Å²) in [4.78, 5) is 21.2. The largest absolute Gasteiger partial charge is 0.364 e. The first kappa shape index (κ1) is 10.3. The van der Waals surface area contributed by atoms with Gasteiger partial charge in [-0.25, -0.2) is 15.0 Å². The van der Waals surface area contributed by atoms with Gasteiger partial charge in [-0.3, -0.25) is 4.79 Å². The molecule has 0 fully saturated rings. The van der Waals surface area contributed by atoms with Gasteiger partial charge in [-0.2, -0.15) is 0 Å². The lowest BCUT2D eigenvalue weighted by Gasteiger charge is -1.78.